The zero-order valence-corrected chi connectivity index (χ0v) is 36.0. The monoisotopic (exact) mass is 671 g/mol. The van der Waals surface area contributed by atoms with E-state index in [9.17, 15) is 5.11 Å². The third-order valence-corrected chi connectivity index (χ3v) is 9.24. The molecule has 4 aliphatic carbocycles. The highest BCUT2D eigenvalue weighted by Crippen LogP contribution is 2.58. The number of hydrogen-bond donors (Lipinski definition) is 1. The normalized spacial score (nSPS) is 27.0. The van der Waals surface area contributed by atoms with E-state index < -0.39 is 0 Å². The molecule has 0 heterocycles. The first-order valence-corrected chi connectivity index (χ1v) is 20.5. The third-order valence-electron chi connectivity index (χ3n) is 9.24. The Hall–Kier alpha value is -1.34. The van der Waals surface area contributed by atoms with Crippen LogP contribution in [0.5, 0.6) is 0 Å². The summed E-state index contributed by atoms with van der Waals surface area (Å²) in [5, 5.41) is 10.2. The average molecular weight is 671 g/mol. The topological polar surface area (TPSA) is 20.2 Å². The Balaban J connectivity index is -0.00000109. The highest BCUT2D eigenvalue weighted by Gasteiger charge is 2.48. The van der Waals surface area contributed by atoms with Crippen molar-refractivity contribution in [3.05, 3.63) is 60.8 Å². The largest absolute Gasteiger partial charge is 0.389 e. The van der Waals surface area contributed by atoms with Crippen LogP contribution in [0.1, 0.15) is 194 Å². The maximum absolute atomic E-state index is 10.2. The van der Waals surface area contributed by atoms with Gasteiger partial charge in [0.15, 0.2) is 0 Å². The molecule has 1 N–H and O–H groups in total. The molecule has 0 spiro atoms. The smallest absolute Gasteiger partial charge is 0.0749 e. The van der Waals surface area contributed by atoms with E-state index in [4.69, 9.17) is 0 Å². The Labute approximate surface area is 305 Å². The molecule has 0 aliphatic heterocycles. The highest BCUT2D eigenvalue weighted by atomic mass is 16.3. The van der Waals surface area contributed by atoms with Crippen LogP contribution >= 0.6 is 0 Å². The molecule has 0 amide bonds. The zero-order chi connectivity index (χ0) is 38.1. The van der Waals surface area contributed by atoms with Crippen LogP contribution in [0.25, 0.3) is 0 Å². The van der Waals surface area contributed by atoms with Crippen molar-refractivity contribution in [2.75, 3.05) is 0 Å². The van der Waals surface area contributed by atoms with Crippen molar-refractivity contribution in [2.24, 2.45) is 39.9 Å². The summed E-state index contributed by atoms with van der Waals surface area (Å²) in [6.07, 6.45) is 25.7. The number of aliphatic hydroxyl groups is 1. The van der Waals surface area contributed by atoms with E-state index in [0.717, 1.165) is 24.2 Å². The van der Waals surface area contributed by atoms with Crippen molar-refractivity contribution in [1.29, 1.82) is 0 Å². The average Bonchev–Trinajstić information content (AvgIpc) is 3.83. The quantitative estimate of drug-likeness (QED) is 0.279. The lowest BCUT2D eigenvalue weighted by Gasteiger charge is -2.42. The number of allylic oxidation sites excluding steroid dienone is 6. The van der Waals surface area contributed by atoms with Crippen LogP contribution in [0.2, 0.25) is 0 Å². The van der Waals surface area contributed by atoms with Crippen LogP contribution in [0, 0.1) is 39.9 Å². The first-order valence-electron chi connectivity index (χ1n) is 20.5. The van der Waals surface area contributed by atoms with Gasteiger partial charge in [0.2, 0.25) is 0 Å². The van der Waals surface area contributed by atoms with Gasteiger partial charge in [-0.3, -0.25) is 0 Å². The molecule has 5 unspecified atom stereocenters. The minimum absolute atomic E-state index is 0.195. The van der Waals surface area contributed by atoms with Crippen LogP contribution in [0.4, 0.5) is 0 Å². The van der Waals surface area contributed by atoms with E-state index in [0.29, 0.717) is 22.2 Å². The summed E-state index contributed by atoms with van der Waals surface area (Å²) in [4.78, 5) is 0. The third kappa shape index (κ3) is 21.7. The van der Waals surface area contributed by atoms with Gasteiger partial charge in [0.1, 0.15) is 0 Å². The van der Waals surface area contributed by atoms with Gasteiger partial charge < -0.3 is 5.11 Å². The Morgan fingerprint density at radius 3 is 1.83 bits per heavy atom. The van der Waals surface area contributed by atoms with Crippen molar-refractivity contribution in [3.63, 3.8) is 0 Å². The number of rotatable bonds is 6. The van der Waals surface area contributed by atoms with Gasteiger partial charge in [-0.2, -0.15) is 0 Å². The maximum Gasteiger partial charge on any atom is 0.0749 e. The molecule has 0 saturated heterocycles. The fourth-order valence-electron chi connectivity index (χ4n) is 7.24. The summed E-state index contributed by atoms with van der Waals surface area (Å²) < 4.78 is 0. The molecule has 4 fully saturated rings. The second-order valence-electron chi connectivity index (χ2n) is 16.8. The number of fused-ring (bicyclic) bond motifs is 1. The number of aliphatic hydroxyl groups excluding tert-OH is 1. The molecule has 0 aromatic rings. The molecule has 0 bridgehead atoms. The molecular formula is C47H90O. The molecule has 4 aliphatic rings. The first kappa shape index (κ1) is 51.0. The first-order chi connectivity index (χ1) is 22.6. The summed E-state index contributed by atoms with van der Waals surface area (Å²) >= 11 is 0. The van der Waals surface area contributed by atoms with Gasteiger partial charge in [0, 0.05) is 0 Å². The second-order valence-corrected chi connectivity index (χ2v) is 16.8. The second kappa shape index (κ2) is 27.4. The predicted molar refractivity (Wildman–Crippen MR) is 224 cm³/mol. The van der Waals surface area contributed by atoms with Crippen LogP contribution in [-0.2, 0) is 0 Å². The molecule has 1 heteroatoms. The molecule has 4 rings (SSSR count). The van der Waals surface area contributed by atoms with E-state index in [2.05, 4.69) is 113 Å². The fraction of sp³-hybridized carbons (Fsp3) is 0.787. The molecule has 5 atom stereocenters. The van der Waals surface area contributed by atoms with E-state index in [1.54, 1.807) is 5.57 Å². The summed E-state index contributed by atoms with van der Waals surface area (Å²) in [7, 11) is 0. The van der Waals surface area contributed by atoms with Crippen molar-refractivity contribution >= 4 is 0 Å². The Kier molecular flexibility index (Phi) is 29.1. The lowest BCUT2D eigenvalue weighted by atomic mass is 9.63. The minimum atomic E-state index is -0.195. The van der Waals surface area contributed by atoms with Crippen LogP contribution in [0.15, 0.2) is 60.8 Å². The van der Waals surface area contributed by atoms with Gasteiger partial charge in [-0.1, -0.05) is 159 Å². The van der Waals surface area contributed by atoms with E-state index in [-0.39, 0.29) is 6.10 Å². The lowest BCUT2D eigenvalue weighted by Crippen LogP contribution is -2.33. The standard InChI is InChI=1S/C31H48O.C5H12.C3H8.3C2H6.C2H4/c1-22-11-12-23(21-30(2,3)4)20-26(22)16-13-24-8-7-19-31(5)27(17-18-28(24)31)9-6-10-29(32)25-14-15-25;1-5(2,3)4;1-3-2;4*1-2/h6,10,13,16,23,25,27-29,32H,1,7-9,11-12,14-15,17-21H2,2-5H3;1-4H3;3H2,1-2H3;3*1-2H3;1-2H2/b10-6+,24-13+,26-16+;;;;;;. The SMILES string of the molecule is C=C.C=C1CCC(CC(C)(C)C)C/C1=C\C=C1/CCCC2(C)C(C/C=C/C(O)C3CC3)CCC12.CC.CC.CC.CC(C)(C)C.CCC. The lowest BCUT2D eigenvalue weighted by molar-refractivity contribution is 0.136. The molecule has 284 valence electrons. The van der Waals surface area contributed by atoms with E-state index in [1.807, 2.05) is 41.5 Å². The summed E-state index contributed by atoms with van der Waals surface area (Å²) in [6.45, 7) is 45.1. The molecule has 0 aromatic heterocycles. The molecule has 1 nitrogen and oxygen atoms in total. The summed E-state index contributed by atoms with van der Waals surface area (Å²) in [5.74, 6) is 2.89. The van der Waals surface area contributed by atoms with Crippen LogP contribution < -0.4 is 0 Å². The predicted octanol–water partition coefficient (Wildman–Crippen LogP) is 15.9. The molecular weight excluding hydrogens is 581 g/mol. The highest BCUT2D eigenvalue weighted by molar-refractivity contribution is 5.36. The minimum Gasteiger partial charge on any atom is -0.389 e. The molecule has 0 aromatic carbocycles. The van der Waals surface area contributed by atoms with Crippen molar-refractivity contribution < 1.29 is 5.11 Å². The number of hydrogen-bond acceptors (Lipinski definition) is 1. The van der Waals surface area contributed by atoms with Gasteiger partial charge >= 0.3 is 0 Å². The van der Waals surface area contributed by atoms with Gasteiger partial charge in [0.25, 0.3) is 0 Å². The molecule has 48 heavy (non-hydrogen) atoms. The fourth-order valence-corrected chi connectivity index (χ4v) is 7.24. The Bertz CT molecular complexity index is 877. The summed E-state index contributed by atoms with van der Waals surface area (Å²) in [5.41, 5.74) is 5.98. The summed E-state index contributed by atoms with van der Waals surface area (Å²) in [6, 6.07) is 0. The molecule has 0 radical (unpaired) electrons. The zero-order valence-electron chi connectivity index (χ0n) is 36.0. The van der Waals surface area contributed by atoms with Crippen LogP contribution in [-0.4, -0.2) is 11.2 Å². The van der Waals surface area contributed by atoms with Crippen LogP contribution in [0.3, 0.4) is 0 Å². The van der Waals surface area contributed by atoms with Crippen molar-refractivity contribution in [3.8, 4) is 0 Å². The van der Waals surface area contributed by atoms with Gasteiger partial charge in [-0.25, -0.2) is 0 Å². The van der Waals surface area contributed by atoms with Crippen molar-refractivity contribution in [2.45, 2.75) is 200 Å². The molecule has 4 saturated carbocycles. The van der Waals surface area contributed by atoms with E-state index in [1.165, 1.54) is 88.2 Å². The Morgan fingerprint density at radius 2 is 1.35 bits per heavy atom. The Morgan fingerprint density at radius 1 is 0.833 bits per heavy atom. The van der Waals surface area contributed by atoms with Gasteiger partial charge in [-0.05, 0) is 123 Å². The van der Waals surface area contributed by atoms with Crippen molar-refractivity contribution in [1.82, 2.24) is 0 Å². The van der Waals surface area contributed by atoms with Gasteiger partial charge in [-0.15, -0.1) is 13.2 Å². The van der Waals surface area contributed by atoms with E-state index >= 15 is 0 Å². The van der Waals surface area contributed by atoms with Gasteiger partial charge in [0.05, 0.1) is 6.10 Å². The maximum atomic E-state index is 10.2.